The van der Waals surface area contributed by atoms with E-state index in [0.717, 1.165) is 85.0 Å². The number of aryl methyl sites for hydroxylation is 10. The number of para-hydroxylation sites is 9. The number of benzene rings is 12. The molecule has 10 nitrogen and oxygen atoms in total. The number of nitrogens with zero attached hydrogens (tertiary/aromatic N) is 1. The van der Waals surface area contributed by atoms with Gasteiger partial charge in [0.15, 0.2) is 23.0 Å². The van der Waals surface area contributed by atoms with E-state index >= 15 is 0 Å². The van der Waals surface area contributed by atoms with E-state index in [-0.39, 0.29) is 7.43 Å². The summed E-state index contributed by atoms with van der Waals surface area (Å²) < 4.78 is 31.5. The predicted octanol–water partition coefficient (Wildman–Crippen LogP) is 29.5. The molecule has 0 fully saturated rings. The highest BCUT2D eigenvalue weighted by atomic mass is 32.2. The molecule has 0 spiro atoms. The van der Waals surface area contributed by atoms with Crippen molar-refractivity contribution in [2.45, 2.75) is 154 Å². The summed E-state index contributed by atoms with van der Waals surface area (Å²) in [6.45, 7) is 5.96. The number of hydrogen-bond acceptors (Lipinski definition) is 11. The van der Waals surface area contributed by atoms with Gasteiger partial charge in [-0.15, -0.1) is 11.8 Å². The van der Waals surface area contributed by atoms with Crippen LogP contribution in [0.25, 0.3) is 30.4 Å². The minimum atomic E-state index is 0. The van der Waals surface area contributed by atoms with Crippen molar-refractivity contribution in [3.05, 3.63) is 442 Å². The van der Waals surface area contributed by atoms with Gasteiger partial charge in [0.2, 0.25) is 0 Å². The van der Waals surface area contributed by atoms with Crippen molar-refractivity contribution >= 4 is 59.2 Å². The summed E-state index contributed by atoms with van der Waals surface area (Å²) in [6, 6.07) is 104. The van der Waals surface area contributed by atoms with Crippen molar-refractivity contribution in [3.8, 4) is 34.5 Å². The van der Waals surface area contributed by atoms with Crippen molar-refractivity contribution < 1.29 is 28.4 Å². The number of rotatable bonds is 0. The van der Waals surface area contributed by atoms with E-state index in [4.69, 9.17) is 28.4 Å². The number of aromatic nitrogens is 1. The summed E-state index contributed by atoms with van der Waals surface area (Å²) >= 11 is 1.93. The van der Waals surface area contributed by atoms with Gasteiger partial charge in [-0.2, -0.15) is 0 Å². The van der Waals surface area contributed by atoms with Crippen molar-refractivity contribution in [1.82, 2.24) is 4.98 Å². The Labute approximate surface area is 784 Å². The van der Waals surface area contributed by atoms with E-state index in [1.165, 1.54) is 213 Å². The SMILES string of the molecule is C.C1=COc2ccccc2O1.C1=Cc2ccccc2C1.C1=Cc2ccccc2CC1.C1=Cc2ccccc2CCC1.C1=Cc2ccccc2OC1.C1=Cc2ncccc2CC1.c1ccc2c(c1)CCC2.c1ccc2c(c1)CCCC2.c1ccc2c(c1)CCCCC2.c1ccc2c(c1)CCCN2.c1ccc2c(c1)NCCO2.c1ccc2c(c1)NCCS2.c1ccc2c(c1)OCCO2. The summed E-state index contributed by atoms with van der Waals surface area (Å²) in [5.41, 5.74) is 27.0. The lowest BCUT2D eigenvalue weighted by Gasteiger charge is -2.17. The average Bonchev–Trinajstić information content (AvgIpc) is 1.37. The van der Waals surface area contributed by atoms with E-state index < -0.39 is 0 Å². The number of hydrogen-bond donors (Lipinski definition) is 3. The number of fused-ring (bicyclic) bond motifs is 13. The van der Waals surface area contributed by atoms with E-state index in [1.54, 1.807) is 33.4 Å². The van der Waals surface area contributed by atoms with Crippen LogP contribution in [0, 0.1) is 0 Å². The number of ether oxygens (including phenoxy) is 6. The lowest BCUT2D eigenvalue weighted by atomic mass is 9.92. The molecule has 0 amide bonds. The maximum Gasteiger partial charge on any atom is 0.169 e. The zero-order valence-electron chi connectivity index (χ0n) is 75.4. The molecule has 0 saturated carbocycles. The zero-order chi connectivity index (χ0) is 88.6. The molecule has 0 unspecified atom stereocenters. The number of allylic oxidation sites excluding steroid dienone is 4. The van der Waals surface area contributed by atoms with Gasteiger partial charge in [0.1, 0.15) is 50.5 Å². The fourth-order valence-electron chi connectivity index (χ4n) is 16.9. The molecule has 7 aliphatic carbocycles. The highest BCUT2D eigenvalue weighted by Gasteiger charge is 2.15. The van der Waals surface area contributed by atoms with Crippen LogP contribution in [0.4, 0.5) is 17.1 Å². The van der Waals surface area contributed by atoms with Crippen LogP contribution in [0.1, 0.15) is 167 Å². The molecule has 13 aliphatic rings. The summed E-state index contributed by atoms with van der Waals surface area (Å²) in [5, 5.41) is 9.94. The Bertz CT molecular complexity index is 5160. The van der Waals surface area contributed by atoms with Gasteiger partial charge in [0.25, 0.3) is 0 Å². The first kappa shape index (κ1) is 95.4. The lowest BCUT2D eigenvalue weighted by Crippen LogP contribution is -2.17. The van der Waals surface area contributed by atoms with Crippen LogP contribution in [0.15, 0.2) is 357 Å². The summed E-state index contributed by atoms with van der Waals surface area (Å²) in [6.07, 6.45) is 54.8. The highest BCUT2D eigenvalue weighted by Crippen LogP contribution is 2.34. The lowest BCUT2D eigenvalue weighted by molar-refractivity contribution is 0.171. The first-order valence-electron chi connectivity index (χ1n) is 47.1. The molecular formula is C120H130N4O6S. The second-order valence-corrected chi connectivity index (χ2v) is 34.1. The van der Waals surface area contributed by atoms with Gasteiger partial charge in [-0.05, 0) is 292 Å². The molecular weight excluding hydrogens is 1630 g/mol. The molecule has 6 aliphatic heterocycles. The molecule has 1 aromatic heterocycles. The van der Waals surface area contributed by atoms with Gasteiger partial charge in [0.05, 0.1) is 11.4 Å². The van der Waals surface area contributed by atoms with Gasteiger partial charge >= 0.3 is 0 Å². The number of pyridine rings is 1. The van der Waals surface area contributed by atoms with Gasteiger partial charge in [-0.25, -0.2) is 0 Å². The van der Waals surface area contributed by atoms with Crippen LogP contribution in [0.3, 0.4) is 0 Å². The van der Waals surface area contributed by atoms with E-state index in [1.807, 2.05) is 127 Å². The largest absolute Gasteiger partial charge is 0.490 e. The van der Waals surface area contributed by atoms with Crippen molar-refractivity contribution in [2.24, 2.45) is 0 Å². The van der Waals surface area contributed by atoms with Crippen LogP contribution in [0.2, 0.25) is 0 Å². The van der Waals surface area contributed by atoms with Crippen molar-refractivity contribution in [3.63, 3.8) is 0 Å². The molecule has 3 N–H and O–H groups in total. The minimum Gasteiger partial charge on any atom is -0.490 e. The van der Waals surface area contributed by atoms with Crippen molar-refractivity contribution in [2.75, 3.05) is 67.8 Å². The van der Waals surface area contributed by atoms with Gasteiger partial charge in [-0.1, -0.05) is 299 Å². The van der Waals surface area contributed by atoms with Gasteiger partial charge in [0, 0.05) is 53.4 Å². The molecule has 0 atom stereocenters. The third kappa shape index (κ3) is 31.6. The maximum atomic E-state index is 5.36. The topological polar surface area (TPSA) is 104 Å². The van der Waals surface area contributed by atoms with Crippen LogP contribution in [-0.4, -0.2) is 56.8 Å². The Morgan fingerprint density at radius 1 is 0.252 bits per heavy atom. The summed E-state index contributed by atoms with van der Waals surface area (Å²) in [7, 11) is 0. The maximum absolute atomic E-state index is 5.36. The molecule has 0 saturated heterocycles. The molecule has 7 heterocycles. The van der Waals surface area contributed by atoms with Crippen LogP contribution >= 0.6 is 11.8 Å². The smallest absolute Gasteiger partial charge is 0.169 e. The minimum absolute atomic E-state index is 0. The molecule has 12 aromatic carbocycles. The standard InChI is InChI=1S/C11H14.C11H12.C10H12.C10H10.C9H11N.C9H9N.C9H8O.C9H10.C9H8.C8H9NO.C8H9NS.C8H8O2.C8H6O2.CH4/c2*1-2-6-10-8-4-5-9-11(10)7-3-1;2*1-2-6-10-8-4-3-7-9(10)5-1;3*1-2-6-9-8(4-1)5-3-7-10-9;2*1-2-5-9-7-3-6-8(9)4-1;4*1-2-4-8-7(3-1)9-5-6-10-8;/h4-5,8-9H,1-3,6-7H2;2,4-6,8-9H,1,3,7H2;1-2,5-6H,3-4,7-8H2;1-3,5-7H,4,8H2;1-2,4,6,10H,3,5,7H2;2-3,5-7H,1,4H2;1-6H,7H2;1-2,4-5H,3,6-7H2;1-6H,7H2;2*1-4,9H,5-6H2;1-4H,5-6H2;1-6H;1H4. The monoisotopic (exact) mass is 1750 g/mol. The Hall–Kier alpha value is -13.2. The van der Waals surface area contributed by atoms with Crippen LogP contribution < -0.4 is 44.4 Å². The number of nitrogens with one attached hydrogen (secondary N) is 3. The predicted molar refractivity (Wildman–Crippen MR) is 554 cm³/mol. The van der Waals surface area contributed by atoms with E-state index in [0.29, 0.717) is 19.8 Å². The summed E-state index contributed by atoms with van der Waals surface area (Å²) in [4.78, 5) is 5.62. The Kier molecular flexibility index (Phi) is 40.0. The molecule has 26 rings (SSSR count). The molecule has 0 radical (unpaired) electrons. The average molecular weight is 1760 g/mol. The van der Waals surface area contributed by atoms with E-state index in [9.17, 15) is 0 Å². The molecule has 672 valence electrons. The zero-order valence-corrected chi connectivity index (χ0v) is 76.2. The number of thioether (sulfide) groups is 1. The second-order valence-electron chi connectivity index (χ2n) is 32.9. The quantitative estimate of drug-likeness (QED) is 0.126. The third-order valence-electron chi connectivity index (χ3n) is 23.7. The molecule has 11 heteroatoms. The van der Waals surface area contributed by atoms with Crippen molar-refractivity contribution in [1.29, 1.82) is 0 Å². The summed E-state index contributed by atoms with van der Waals surface area (Å²) in [5.74, 6) is 6.40. The highest BCUT2D eigenvalue weighted by molar-refractivity contribution is 7.99. The van der Waals surface area contributed by atoms with Gasteiger partial charge in [-0.3, -0.25) is 4.98 Å². The fraction of sp³-hybridized carbons (Fsp3) is 0.258. The number of anilines is 3. The third-order valence-corrected chi connectivity index (χ3v) is 24.8. The normalized spacial score (nSPS) is 15.0. The van der Waals surface area contributed by atoms with Crippen LogP contribution in [-0.2, 0) is 70.6 Å². The van der Waals surface area contributed by atoms with Gasteiger partial charge < -0.3 is 44.4 Å². The fourth-order valence-corrected chi connectivity index (χ4v) is 17.8. The van der Waals surface area contributed by atoms with Crippen LogP contribution in [0.5, 0.6) is 34.5 Å². The Morgan fingerprint density at radius 3 is 1.22 bits per heavy atom. The molecule has 13 aromatic rings. The Morgan fingerprint density at radius 2 is 0.656 bits per heavy atom. The molecule has 0 bridgehead atoms. The van der Waals surface area contributed by atoms with E-state index in [2.05, 4.69) is 276 Å². The first-order valence-corrected chi connectivity index (χ1v) is 48.1. The molecule has 131 heavy (non-hydrogen) atoms. The first-order chi connectivity index (χ1) is 64.6. The second kappa shape index (κ2) is 55.0. The Balaban J connectivity index is 0.000000121.